The molecular weight excluding hydrogens is 368 g/mol. The van der Waals surface area contributed by atoms with Crippen molar-refractivity contribution >= 4 is 55.9 Å². The number of fused-ring (bicyclic) bond motifs is 2. The van der Waals surface area contributed by atoms with Crippen molar-refractivity contribution < 1.29 is 4.79 Å². The van der Waals surface area contributed by atoms with Gasteiger partial charge in [0.05, 0.1) is 21.3 Å². The highest BCUT2D eigenvalue weighted by molar-refractivity contribution is 8.01. The van der Waals surface area contributed by atoms with Gasteiger partial charge in [-0.3, -0.25) is 4.79 Å². The highest BCUT2D eigenvalue weighted by Crippen LogP contribution is 2.29. The van der Waals surface area contributed by atoms with E-state index in [1.54, 1.807) is 41.3 Å². The maximum absolute atomic E-state index is 12.1. The Hall–Kier alpha value is -2.58. The van der Waals surface area contributed by atoms with Crippen LogP contribution in [0.15, 0.2) is 51.6 Å². The van der Waals surface area contributed by atoms with E-state index < -0.39 is 0 Å². The molecule has 0 aliphatic carbocycles. The zero-order chi connectivity index (χ0) is 17.9. The molecule has 0 unspecified atom stereocenters. The molecule has 8 heteroatoms. The van der Waals surface area contributed by atoms with Crippen LogP contribution in [0, 0.1) is 0 Å². The molecule has 6 nitrogen and oxygen atoms in total. The number of thiazole rings is 1. The zero-order valence-corrected chi connectivity index (χ0v) is 15.4. The second kappa shape index (κ2) is 7.35. The average molecular weight is 384 g/mol. The zero-order valence-electron chi connectivity index (χ0n) is 13.7. The second-order valence-electron chi connectivity index (χ2n) is 5.79. The number of thioether (sulfide) groups is 1. The molecule has 2 aromatic heterocycles. The summed E-state index contributed by atoms with van der Waals surface area (Å²) in [6.45, 7) is 0. The topological polar surface area (TPSA) is 90.6 Å². The minimum atomic E-state index is -0.254. The van der Waals surface area contributed by atoms with Crippen LogP contribution in [0.25, 0.3) is 21.3 Å². The van der Waals surface area contributed by atoms with Crippen LogP contribution in [-0.4, -0.2) is 26.6 Å². The number of carbonyl (C=O) groups is 1. The molecule has 26 heavy (non-hydrogen) atoms. The van der Waals surface area contributed by atoms with Gasteiger partial charge in [-0.15, -0.1) is 11.3 Å². The van der Waals surface area contributed by atoms with Crippen LogP contribution < -0.4 is 11.0 Å². The maximum atomic E-state index is 12.1. The Bertz CT molecular complexity index is 1100. The van der Waals surface area contributed by atoms with Crippen molar-refractivity contribution in [1.29, 1.82) is 0 Å². The number of aromatic nitrogens is 3. The smallest absolute Gasteiger partial charge is 0.323 e. The van der Waals surface area contributed by atoms with Crippen molar-refractivity contribution in [2.75, 3.05) is 11.1 Å². The first-order valence-electron chi connectivity index (χ1n) is 8.18. The van der Waals surface area contributed by atoms with Gasteiger partial charge in [-0.1, -0.05) is 23.9 Å². The fourth-order valence-corrected chi connectivity index (χ4v) is 4.72. The number of nitrogens with zero attached hydrogens (tertiary/aromatic N) is 1. The van der Waals surface area contributed by atoms with Crippen molar-refractivity contribution in [3.8, 4) is 0 Å². The molecule has 132 valence electrons. The highest BCUT2D eigenvalue weighted by Gasteiger charge is 2.07. The summed E-state index contributed by atoms with van der Waals surface area (Å²) in [6.07, 6.45) is 1.22. The van der Waals surface area contributed by atoms with Gasteiger partial charge in [-0.25, -0.2) is 9.78 Å². The molecule has 4 aromatic rings. The quantitative estimate of drug-likeness (QED) is 0.346. The van der Waals surface area contributed by atoms with Gasteiger partial charge in [-0.05, 0) is 36.8 Å². The predicted octanol–water partition coefficient (Wildman–Crippen LogP) is 3.98. The molecule has 0 bridgehead atoms. The first-order chi connectivity index (χ1) is 12.7. The molecule has 1 amide bonds. The molecule has 0 fully saturated rings. The van der Waals surface area contributed by atoms with Gasteiger partial charge in [0.2, 0.25) is 5.91 Å². The number of rotatable bonds is 6. The fourth-order valence-electron chi connectivity index (χ4n) is 2.64. The summed E-state index contributed by atoms with van der Waals surface area (Å²) in [4.78, 5) is 33.3. The van der Waals surface area contributed by atoms with Crippen molar-refractivity contribution in [2.24, 2.45) is 0 Å². The lowest BCUT2D eigenvalue weighted by atomic mass is 10.2. The minimum absolute atomic E-state index is 0.0351. The fraction of sp³-hybridized carbons (Fsp3) is 0.167. The third-order valence-corrected chi connectivity index (χ3v) is 6.11. The van der Waals surface area contributed by atoms with Crippen LogP contribution in [0.2, 0.25) is 0 Å². The molecular formula is C18H16N4O2S2. The molecule has 0 aliphatic heterocycles. The second-order valence-corrected chi connectivity index (χ2v) is 8.16. The summed E-state index contributed by atoms with van der Waals surface area (Å²) in [5, 5.41) is 2.87. The first kappa shape index (κ1) is 16.9. The number of anilines is 1. The molecule has 0 atom stereocenters. The number of nitrogens with one attached hydrogen (secondary N) is 3. The van der Waals surface area contributed by atoms with E-state index in [-0.39, 0.29) is 11.6 Å². The number of H-pyrrole nitrogens is 2. The number of benzene rings is 2. The summed E-state index contributed by atoms with van der Waals surface area (Å²) in [7, 11) is 0. The van der Waals surface area contributed by atoms with E-state index in [4.69, 9.17) is 0 Å². The molecule has 0 spiro atoms. The Balaban J connectivity index is 1.27. The Morgan fingerprint density at radius 3 is 2.88 bits per heavy atom. The van der Waals surface area contributed by atoms with E-state index in [2.05, 4.69) is 26.3 Å². The maximum Gasteiger partial charge on any atom is 0.323 e. The van der Waals surface area contributed by atoms with Crippen molar-refractivity contribution in [3.05, 3.63) is 52.9 Å². The highest BCUT2D eigenvalue weighted by atomic mass is 32.2. The summed E-state index contributed by atoms with van der Waals surface area (Å²) in [6, 6.07) is 13.4. The van der Waals surface area contributed by atoms with Gasteiger partial charge >= 0.3 is 5.69 Å². The van der Waals surface area contributed by atoms with Crippen molar-refractivity contribution in [2.45, 2.75) is 17.2 Å². The lowest BCUT2D eigenvalue weighted by molar-refractivity contribution is -0.116. The molecule has 3 N–H and O–H groups in total. The predicted molar refractivity (Wildman–Crippen MR) is 107 cm³/mol. The van der Waals surface area contributed by atoms with Crippen LogP contribution >= 0.6 is 23.1 Å². The van der Waals surface area contributed by atoms with Gasteiger partial charge in [0.1, 0.15) is 0 Å². The van der Waals surface area contributed by atoms with Crippen molar-refractivity contribution in [3.63, 3.8) is 0 Å². The monoisotopic (exact) mass is 384 g/mol. The van der Waals surface area contributed by atoms with E-state index in [1.807, 2.05) is 18.2 Å². The molecule has 0 saturated carbocycles. The number of amides is 1. The number of imidazole rings is 1. The van der Waals surface area contributed by atoms with Gasteiger partial charge in [0, 0.05) is 17.9 Å². The van der Waals surface area contributed by atoms with E-state index >= 15 is 0 Å². The van der Waals surface area contributed by atoms with E-state index in [9.17, 15) is 9.59 Å². The minimum Gasteiger partial charge on any atom is -0.326 e. The third kappa shape index (κ3) is 3.81. The number of carbonyl (C=O) groups excluding carboxylic acids is 1. The summed E-state index contributed by atoms with van der Waals surface area (Å²) >= 11 is 3.36. The molecule has 4 rings (SSSR count). The largest absolute Gasteiger partial charge is 0.326 e. The number of aromatic amines is 2. The van der Waals surface area contributed by atoms with Gasteiger partial charge in [-0.2, -0.15) is 0 Å². The molecule has 0 aliphatic rings. The Morgan fingerprint density at radius 1 is 1.15 bits per heavy atom. The number of para-hydroxylation sites is 1. The lowest BCUT2D eigenvalue weighted by Crippen LogP contribution is -2.11. The molecule has 0 radical (unpaired) electrons. The van der Waals surface area contributed by atoms with Gasteiger partial charge < -0.3 is 15.3 Å². The Morgan fingerprint density at radius 2 is 2.00 bits per heavy atom. The Kier molecular flexibility index (Phi) is 4.77. The number of hydrogen-bond acceptors (Lipinski definition) is 5. The van der Waals surface area contributed by atoms with Gasteiger partial charge in [0.25, 0.3) is 0 Å². The SMILES string of the molecule is O=C(CCCSc1nc2ccccc2s1)Nc1ccc2[nH]c(=O)[nH]c2c1. The van der Waals surface area contributed by atoms with Crippen LogP contribution in [0.5, 0.6) is 0 Å². The van der Waals surface area contributed by atoms with Crippen LogP contribution in [-0.2, 0) is 4.79 Å². The summed E-state index contributed by atoms with van der Waals surface area (Å²) in [5.41, 5.74) is 2.85. The first-order valence-corrected chi connectivity index (χ1v) is 9.98. The van der Waals surface area contributed by atoms with Gasteiger partial charge in [0.15, 0.2) is 4.34 Å². The van der Waals surface area contributed by atoms with Crippen LogP contribution in [0.1, 0.15) is 12.8 Å². The van der Waals surface area contributed by atoms with Crippen LogP contribution in [0.3, 0.4) is 0 Å². The normalized spacial score (nSPS) is 11.2. The van der Waals surface area contributed by atoms with Crippen molar-refractivity contribution in [1.82, 2.24) is 15.0 Å². The molecule has 0 saturated heterocycles. The third-order valence-electron chi connectivity index (χ3n) is 3.85. The summed E-state index contributed by atoms with van der Waals surface area (Å²) in [5.74, 6) is 0.810. The lowest BCUT2D eigenvalue weighted by Gasteiger charge is -2.05. The number of hydrogen-bond donors (Lipinski definition) is 3. The van der Waals surface area contributed by atoms with E-state index in [1.165, 1.54) is 4.70 Å². The molecule has 2 heterocycles. The standard InChI is InChI=1S/C18H16N4O2S2/c23-16(19-11-7-8-12-14(10-11)21-17(24)20-12)6-3-9-25-18-22-13-4-1-2-5-15(13)26-18/h1-2,4-5,7-8,10H,3,6,9H2,(H,19,23)(H2,20,21,24). The molecule has 2 aromatic carbocycles. The van der Waals surface area contributed by atoms with E-state index in [0.717, 1.165) is 27.5 Å². The van der Waals surface area contributed by atoms with E-state index in [0.29, 0.717) is 17.6 Å². The van der Waals surface area contributed by atoms with Crippen LogP contribution in [0.4, 0.5) is 5.69 Å². The Labute approximate surface area is 157 Å². The summed E-state index contributed by atoms with van der Waals surface area (Å²) < 4.78 is 2.22. The average Bonchev–Trinajstić information content (AvgIpc) is 3.20.